The first-order chi connectivity index (χ1) is 10.6. The van der Waals surface area contributed by atoms with E-state index in [1.807, 2.05) is 22.4 Å². The van der Waals surface area contributed by atoms with E-state index in [4.69, 9.17) is 0 Å². The van der Waals surface area contributed by atoms with Crippen molar-refractivity contribution < 1.29 is 9.59 Å². The number of fused-ring (bicyclic) bond motifs is 1. The quantitative estimate of drug-likeness (QED) is 0.934. The predicted molar refractivity (Wildman–Crippen MR) is 88.9 cm³/mol. The number of nitrogens with zero attached hydrogens (tertiary/aromatic N) is 1. The van der Waals surface area contributed by atoms with Gasteiger partial charge in [0.25, 0.3) is 0 Å². The largest absolute Gasteiger partial charge is 0.348 e. The summed E-state index contributed by atoms with van der Waals surface area (Å²) >= 11 is 3.33. The summed E-state index contributed by atoms with van der Waals surface area (Å²) in [6.45, 7) is 2.95. The van der Waals surface area contributed by atoms with Crippen LogP contribution in [0.1, 0.15) is 34.7 Å². The van der Waals surface area contributed by atoms with Crippen LogP contribution in [0.4, 0.5) is 0 Å². The van der Waals surface area contributed by atoms with Gasteiger partial charge in [-0.3, -0.25) is 9.59 Å². The van der Waals surface area contributed by atoms with Crippen LogP contribution in [-0.4, -0.2) is 23.3 Å². The van der Waals surface area contributed by atoms with Gasteiger partial charge in [0.2, 0.25) is 11.8 Å². The minimum absolute atomic E-state index is 0.101. The fourth-order valence-electron chi connectivity index (χ4n) is 2.72. The van der Waals surface area contributed by atoms with Crippen molar-refractivity contribution in [3.8, 4) is 0 Å². The highest BCUT2D eigenvalue weighted by Crippen LogP contribution is 2.27. The zero-order valence-corrected chi connectivity index (χ0v) is 14.0. The second-order valence-electron chi connectivity index (χ2n) is 5.41. The molecule has 1 aliphatic rings. The van der Waals surface area contributed by atoms with Gasteiger partial charge >= 0.3 is 0 Å². The number of hydrogen-bond donors (Lipinski definition) is 1. The van der Waals surface area contributed by atoms with Crippen molar-refractivity contribution in [3.63, 3.8) is 0 Å². The molecule has 0 aromatic carbocycles. The van der Waals surface area contributed by atoms with Crippen LogP contribution in [0.25, 0.3) is 0 Å². The molecule has 0 fully saturated rings. The van der Waals surface area contributed by atoms with Gasteiger partial charge in [-0.15, -0.1) is 22.7 Å². The third-order valence-electron chi connectivity index (χ3n) is 3.80. The minimum Gasteiger partial charge on any atom is -0.348 e. The van der Waals surface area contributed by atoms with Crippen molar-refractivity contribution in [2.45, 2.75) is 32.4 Å². The van der Waals surface area contributed by atoms with Crippen LogP contribution in [0.15, 0.2) is 29.0 Å². The van der Waals surface area contributed by atoms with E-state index in [2.05, 4.69) is 16.8 Å². The Morgan fingerprint density at radius 3 is 2.91 bits per heavy atom. The molecule has 0 unspecified atom stereocenters. The molecule has 2 aromatic rings. The molecule has 0 saturated heterocycles. The third kappa shape index (κ3) is 3.39. The maximum Gasteiger partial charge on any atom is 0.225 e. The summed E-state index contributed by atoms with van der Waals surface area (Å²) in [6.07, 6.45) is 1.25. The lowest BCUT2D eigenvalue weighted by Gasteiger charge is -2.28. The highest BCUT2D eigenvalue weighted by atomic mass is 32.1. The molecule has 0 spiro atoms. The van der Waals surface area contributed by atoms with Crippen molar-refractivity contribution in [1.82, 2.24) is 10.2 Å². The SMILES string of the molecule is CC(=O)N[C@H](CC(=O)N1CCc2sccc2C1)c1cccs1. The van der Waals surface area contributed by atoms with Gasteiger partial charge in [0.05, 0.1) is 12.5 Å². The number of amides is 2. The van der Waals surface area contributed by atoms with E-state index < -0.39 is 0 Å². The number of rotatable bonds is 4. The molecule has 2 aromatic heterocycles. The summed E-state index contributed by atoms with van der Waals surface area (Å²) in [4.78, 5) is 28.3. The number of thiophene rings is 2. The second kappa shape index (κ2) is 6.62. The van der Waals surface area contributed by atoms with Crippen molar-refractivity contribution >= 4 is 34.5 Å². The standard InChI is InChI=1S/C16H18N2O2S2/c1-11(19)17-13(15-3-2-7-21-15)9-16(20)18-6-4-14-12(10-18)5-8-22-14/h2-3,5,7-8,13H,4,6,9-10H2,1H3,(H,17,19)/t13-/m1/s1. The fraction of sp³-hybridized carbons (Fsp3) is 0.375. The average molecular weight is 334 g/mol. The summed E-state index contributed by atoms with van der Waals surface area (Å²) in [5, 5.41) is 6.95. The van der Waals surface area contributed by atoms with E-state index in [9.17, 15) is 9.59 Å². The molecule has 116 valence electrons. The molecule has 1 N–H and O–H groups in total. The lowest BCUT2D eigenvalue weighted by atomic mass is 10.1. The van der Waals surface area contributed by atoms with Gasteiger partial charge in [0.15, 0.2) is 0 Å². The number of nitrogens with one attached hydrogen (secondary N) is 1. The van der Waals surface area contributed by atoms with E-state index in [-0.39, 0.29) is 17.9 Å². The van der Waals surface area contributed by atoms with E-state index in [0.29, 0.717) is 13.0 Å². The number of carbonyl (C=O) groups is 2. The van der Waals surface area contributed by atoms with Crippen molar-refractivity contribution in [2.24, 2.45) is 0 Å². The Labute approximate surface area is 137 Å². The molecule has 4 nitrogen and oxygen atoms in total. The van der Waals surface area contributed by atoms with Crippen LogP contribution in [0.5, 0.6) is 0 Å². The van der Waals surface area contributed by atoms with Crippen LogP contribution < -0.4 is 5.32 Å². The van der Waals surface area contributed by atoms with E-state index in [1.54, 1.807) is 22.7 Å². The molecule has 0 saturated carbocycles. The Balaban J connectivity index is 1.68. The fourth-order valence-corrected chi connectivity index (χ4v) is 4.39. The lowest BCUT2D eigenvalue weighted by molar-refractivity contribution is -0.132. The Hall–Kier alpha value is -1.66. The molecular weight excluding hydrogens is 316 g/mol. The molecule has 0 radical (unpaired) electrons. The molecule has 2 amide bonds. The first-order valence-electron chi connectivity index (χ1n) is 7.27. The van der Waals surface area contributed by atoms with Crippen LogP contribution in [-0.2, 0) is 22.6 Å². The van der Waals surface area contributed by atoms with E-state index >= 15 is 0 Å². The topological polar surface area (TPSA) is 49.4 Å². The smallest absolute Gasteiger partial charge is 0.225 e. The Morgan fingerprint density at radius 2 is 2.18 bits per heavy atom. The maximum atomic E-state index is 12.6. The van der Waals surface area contributed by atoms with Crippen molar-refractivity contribution in [3.05, 3.63) is 44.3 Å². The van der Waals surface area contributed by atoms with Crippen LogP contribution >= 0.6 is 22.7 Å². The molecule has 3 rings (SSSR count). The average Bonchev–Trinajstić information content (AvgIpc) is 3.16. The molecule has 1 aliphatic heterocycles. The van der Waals surface area contributed by atoms with Gasteiger partial charge in [-0.1, -0.05) is 6.07 Å². The Kier molecular flexibility index (Phi) is 4.59. The predicted octanol–water partition coefficient (Wildman–Crippen LogP) is 2.96. The summed E-state index contributed by atoms with van der Waals surface area (Å²) in [5.74, 6) is -0.00559. The van der Waals surface area contributed by atoms with Gasteiger partial charge in [0.1, 0.15) is 0 Å². The molecule has 0 bridgehead atoms. The highest BCUT2D eigenvalue weighted by Gasteiger charge is 2.25. The van der Waals surface area contributed by atoms with Gasteiger partial charge in [-0.05, 0) is 34.9 Å². The molecule has 22 heavy (non-hydrogen) atoms. The molecule has 0 aliphatic carbocycles. The molecular formula is C16H18N2O2S2. The van der Waals surface area contributed by atoms with Gasteiger partial charge < -0.3 is 10.2 Å². The zero-order chi connectivity index (χ0) is 15.5. The normalized spacial score (nSPS) is 15.2. The first kappa shape index (κ1) is 15.2. The number of hydrogen-bond acceptors (Lipinski definition) is 4. The van der Waals surface area contributed by atoms with Crippen LogP contribution in [0.3, 0.4) is 0 Å². The van der Waals surface area contributed by atoms with E-state index in [0.717, 1.165) is 17.8 Å². The van der Waals surface area contributed by atoms with Gasteiger partial charge in [0, 0.05) is 29.8 Å². The minimum atomic E-state index is -0.228. The summed E-state index contributed by atoms with van der Waals surface area (Å²) in [5.41, 5.74) is 1.26. The van der Waals surface area contributed by atoms with Crippen molar-refractivity contribution in [1.29, 1.82) is 0 Å². The summed E-state index contributed by atoms with van der Waals surface area (Å²) < 4.78 is 0. The van der Waals surface area contributed by atoms with E-state index in [1.165, 1.54) is 17.4 Å². The third-order valence-corrected chi connectivity index (χ3v) is 5.81. The van der Waals surface area contributed by atoms with Crippen LogP contribution in [0.2, 0.25) is 0 Å². The van der Waals surface area contributed by atoms with Gasteiger partial charge in [-0.2, -0.15) is 0 Å². The van der Waals surface area contributed by atoms with Crippen LogP contribution in [0, 0.1) is 0 Å². The maximum absolute atomic E-state index is 12.6. The van der Waals surface area contributed by atoms with Gasteiger partial charge in [-0.25, -0.2) is 0 Å². The molecule has 6 heteroatoms. The zero-order valence-electron chi connectivity index (χ0n) is 12.4. The second-order valence-corrected chi connectivity index (χ2v) is 7.39. The Morgan fingerprint density at radius 1 is 1.32 bits per heavy atom. The number of carbonyl (C=O) groups excluding carboxylic acids is 2. The Bertz CT molecular complexity index is 664. The van der Waals surface area contributed by atoms with Crippen molar-refractivity contribution in [2.75, 3.05) is 6.54 Å². The molecule has 1 atom stereocenters. The summed E-state index contributed by atoms with van der Waals surface area (Å²) in [7, 11) is 0. The summed E-state index contributed by atoms with van der Waals surface area (Å²) in [6, 6.07) is 5.78. The molecule has 3 heterocycles. The lowest BCUT2D eigenvalue weighted by Crippen LogP contribution is -2.38. The first-order valence-corrected chi connectivity index (χ1v) is 9.03. The monoisotopic (exact) mass is 334 g/mol. The highest BCUT2D eigenvalue weighted by molar-refractivity contribution is 7.10.